The second-order valence-electron chi connectivity index (χ2n) is 6.03. The summed E-state index contributed by atoms with van der Waals surface area (Å²) in [4.78, 5) is 2.45. The zero-order valence-electron chi connectivity index (χ0n) is 12.2. The molecule has 106 valence electrons. The fraction of sp³-hybridized carbons (Fsp3) is 0.625. The highest BCUT2D eigenvalue weighted by Gasteiger charge is 2.20. The van der Waals surface area contributed by atoms with Gasteiger partial charge in [-0.05, 0) is 51.2 Å². The molecule has 1 unspecified atom stereocenters. The minimum Gasteiger partial charge on any atom is -0.389 e. The normalized spacial score (nSPS) is 18.0. The Morgan fingerprint density at radius 2 is 2.21 bits per heavy atom. The van der Waals surface area contributed by atoms with Gasteiger partial charge < -0.3 is 15.7 Å². The van der Waals surface area contributed by atoms with Gasteiger partial charge in [0.1, 0.15) is 0 Å². The van der Waals surface area contributed by atoms with Crippen LogP contribution in [0.3, 0.4) is 0 Å². The Labute approximate surface area is 116 Å². The second kappa shape index (κ2) is 5.93. The van der Waals surface area contributed by atoms with Crippen molar-refractivity contribution in [3.05, 3.63) is 29.3 Å². The van der Waals surface area contributed by atoms with Crippen LogP contribution < -0.4 is 10.6 Å². The van der Waals surface area contributed by atoms with E-state index in [4.69, 9.17) is 5.73 Å². The van der Waals surface area contributed by atoms with E-state index in [2.05, 4.69) is 30.0 Å². The van der Waals surface area contributed by atoms with Crippen LogP contribution in [0.25, 0.3) is 0 Å². The Morgan fingerprint density at radius 1 is 1.42 bits per heavy atom. The van der Waals surface area contributed by atoms with Crippen LogP contribution in [0.15, 0.2) is 18.2 Å². The molecule has 0 amide bonds. The predicted octanol–water partition coefficient (Wildman–Crippen LogP) is 2.24. The van der Waals surface area contributed by atoms with Gasteiger partial charge >= 0.3 is 0 Å². The summed E-state index contributed by atoms with van der Waals surface area (Å²) in [6.45, 7) is 6.44. The topological polar surface area (TPSA) is 49.5 Å². The monoisotopic (exact) mass is 262 g/mol. The molecule has 0 aromatic heterocycles. The molecular weight excluding hydrogens is 236 g/mol. The summed E-state index contributed by atoms with van der Waals surface area (Å²) < 4.78 is 0. The third-order valence-corrected chi connectivity index (χ3v) is 4.03. The van der Waals surface area contributed by atoms with Crippen molar-refractivity contribution >= 4 is 5.69 Å². The maximum Gasteiger partial charge on any atom is 0.0742 e. The van der Waals surface area contributed by atoms with Crippen molar-refractivity contribution in [1.82, 2.24) is 0 Å². The summed E-state index contributed by atoms with van der Waals surface area (Å²) in [7, 11) is 0. The number of aryl methyl sites for hydroxylation is 2. The Morgan fingerprint density at radius 3 is 2.95 bits per heavy atom. The molecule has 1 heterocycles. The second-order valence-corrected chi connectivity index (χ2v) is 6.03. The maximum absolute atomic E-state index is 9.94. The highest BCUT2D eigenvalue weighted by atomic mass is 16.3. The number of anilines is 1. The molecule has 0 spiro atoms. The Bertz CT molecular complexity index is 429. The summed E-state index contributed by atoms with van der Waals surface area (Å²) in [5.74, 6) is 0. The van der Waals surface area contributed by atoms with Crippen molar-refractivity contribution in [3.8, 4) is 0 Å². The number of rotatable bonds is 5. The van der Waals surface area contributed by atoms with Crippen LogP contribution in [0.5, 0.6) is 0 Å². The minimum atomic E-state index is -0.716. The van der Waals surface area contributed by atoms with E-state index in [1.54, 1.807) is 0 Å². The van der Waals surface area contributed by atoms with Gasteiger partial charge in [0.2, 0.25) is 0 Å². The zero-order chi connectivity index (χ0) is 13.9. The minimum absolute atomic E-state index is 0.336. The molecule has 3 heteroatoms. The van der Waals surface area contributed by atoms with Gasteiger partial charge in [-0.2, -0.15) is 0 Å². The van der Waals surface area contributed by atoms with Gasteiger partial charge in [0.15, 0.2) is 0 Å². The molecule has 3 N–H and O–H groups in total. The molecule has 19 heavy (non-hydrogen) atoms. The Balaban J connectivity index is 1.96. The number of nitrogens with two attached hydrogens (primary N) is 1. The van der Waals surface area contributed by atoms with Gasteiger partial charge in [0, 0.05) is 25.3 Å². The maximum atomic E-state index is 9.94. The first-order chi connectivity index (χ1) is 9.02. The van der Waals surface area contributed by atoms with Crippen molar-refractivity contribution < 1.29 is 5.11 Å². The number of benzene rings is 1. The molecular formula is C16H26N2O. The number of fused-ring (bicyclic) bond motifs is 1. The molecule has 0 aliphatic carbocycles. The van der Waals surface area contributed by atoms with Crippen LogP contribution in [0.1, 0.15) is 37.3 Å². The van der Waals surface area contributed by atoms with E-state index in [9.17, 15) is 5.11 Å². The number of hydrogen-bond acceptors (Lipinski definition) is 3. The van der Waals surface area contributed by atoms with Crippen LogP contribution in [0.4, 0.5) is 5.69 Å². The summed E-state index contributed by atoms with van der Waals surface area (Å²) in [6.07, 6.45) is 4.16. The van der Waals surface area contributed by atoms with E-state index in [-0.39, 0.29) is 0 Å². The van der Waals surface area contributed by atoms with Crippen molar-refractivity contribution in [3.63, 3.8) is 0 Å². The lowest BCUT2D eigenvalue weighted by atomic mass is 9.97. The Kier molecular flexibility index (Phi) is 4.48. The summed E-state index contributed by atoms with van der Waals surface area (Å²) >= 11 is 0. The van der Waals surface area contributed by atoms with Crippen LogP contribution in [0.2, 0.25) is 0 Å². The van der Waals surface area contributed by atoms with Crippen molar-refractivity contribution in [2.75, 3.05) is 24.5 Å². The quantitative estimate of drug-likeness (QED) is 0.855. The molecule has 0 radical (unpaired) electrons. The van der Waals surface area contributed by atoms with E-state index in [0.717, 1.165) is 25.9 Å². The highest BCUT2D eigenvalue weighted by molar-refractivity contribution is 5.56. The van der Waals surface area contributed by atoms with Crippen molar-refractivity contribution in [2.24, 2.45) is 5.73 Å². The number of hydrogen-bond donors (Lipinski definition) is 2. The fourth-order valence-corrected chi connectivity index (χ4v) is 2.79. The van der Waals surface area contributed by atoms with Crippen LogP contribution in [0, 0.1) is 6.92 Å². The summed E-state index contributed by atoms with van der Waals surface area (Å²) in [5.41, 5.74) is 9.03. The van der Waals surface area contributed by atoms with Gasteiger partial charge in [0.25, 0.3) is 0 Å². The molecule has 1 aromatic carbocycles. The van der Waals surface area contributed by atoms with Crippen LogP contribution >= 0.6 is 0 Å². The molecule has 0 fully saturated rings. The number of nitrogens with zero attached hydrogens (tertiary/aromatic N) is 1. The van der Waals surface area contributed by atoms with E-state index >= 15 is 0 Å². The lowest BCUT2D eigenvalue weighted by Crippen LogP contribution is -2.36. The van der Waals surface area contributed by atoms with Gasteiger partial charge in [0.05, 0.1) is 5.60 Å². The van der Waals surface area contributed by atoms with E-state index < -0.39 is 5.60 Å². The van der Waals surface area contributed by atoms with E-state index in [0.29, 0.717) is 6.54 Å². The average molecular weight is 262 g/mol. The third-order valence-electron chi connectivity index (χ3n) is 4.03. The third kappa shape index (κ3) is 3.71. The van der Waals surface area contributed by atoms with Gasteiger partial charge in [-0.25, -0.2) is 0 Å². The predicted molar refractivity (Wildman–Crippen MR) is 80.6 cm³/mol. The fourth-order valence-electron chi connectivity index (χ4n) is 2.79. The van der Waals surface area contributed by atoms with Crippen molar-refractivity contribution in [2.45, 2.75) is 45.1 Å². The summed E-state index contributed by atoms with van der Waals surface area (Å²) in [5, 5.41) is 9.94. The van der Waals surface area contributed by atoms with E-state index in [1.165, 1.54) is 29.7 Å². The first-order valence-electron chi connectivity index (χ1n) is 7.29. The van der Waals surface area contributed by atoms with Gasteiger partial charge in [-0.15, -0.1) is 0 Å². The molecule has 1 aliphatic rings. The summed E-state index contributed by atoms with van der Waals surface area (Å²) in [6, 6.07) is 6.73. The SMILES string of the molecule is Cc1ccc2c(c1)CCCN2CCCC(C)(O)CN. The standard InChI is InChI=1S/C16H26N2O/c1-13-6-7-15-14(11-13)5-3-9-18(15)10-4-8-16(2,19)12-17/h6-7,11,19H,3-5,8-10,12,17H2,1-2H3. The molecule has 0 saturated carbocycles. The van der Waals surface area contributed by atoms with Crippen LogP contribution in [-0.4, -0.2) is 30.3 Å². The first-order valence-corrected chi connectivity index (χ1v) is 7.29. The van der Waals surface area contributed by atoms with Gasteiger partial charge in [-0.3, -0.25) is 0 Å². The first kappa shape index (κ1) is 14.4. The molecule has 0 saturated heterocycles. The van der Waals surface area contributed by atoms with E-state index in [1.807, 2.05) is 6.92 Å². The Hall–Kier alpha value is -1.06. The molecule has 1 aliphatic heterocycles. The molecule has 1 aromatic rings. The zero-order valence-corrected chi connectivity index (χ0v) is 12.2. The molecule has 3 nitrogen and oxygen atoms in total. The van der Waals surface area contributed by atoms with Crippen LogP contribution in [-0.2, 0) is 6.42 Å². The smallest absolute Gasteiger partial charge is 0.0742 e. The lowest BCUT2D eigenvalue weighted by molar-refractivity contribution is 0.0584. The molecule has 2 rings (SSSR count). The number of aliphatic hydroxyl groups is 1. The molecule has 1 atom stereocenters. The largest absolute Gasteiger partial charge is 0.389 e. The lowest BCUT2D eigenvalue weighted by Gasteiger charge is -2.32. The van der Waals surface area contributed by atoms with Gasteiger partial charge in [-0.1, -0.05) is 17.7 Å². The highest BCUT2D eigenvalue weighted by Crippen LogP contribution is 2.28. The van der Waals surface area contributed by atoms with Crippen molar-refractivity contribution in [1.29, 1.82) is 0 Å². The average Bonchev–Trinajstić information content (AvgIpc) is 2.38. The molecule has 0 bridgehead atoms.